The second kappa shape index (κ2) is 22.2. The van der Waals surface area contributed by atoms with Crippen LogP contribution in [0.15, 0.2) is 35.4 Å². The Bertz CT molecular complexity index is 1590. The normalized spacial score (nSPS) is 19.1. The van der Waals surface area contributed by atoms with Crippen LogP contribution >= 0.6 is 0 Å². The zero-order chi connectivity index (χ0) is 41.5. The molecule has 18 nitrogen and oxygen atoms in total. The minimum Gasteiger partial charge on any atom is -0.379 e. The van der Waals surface area contributed by atoms with Gasteiger partial charge < -0.3 is 35.2 Å². The van der Waals surface area contributed by atoms with Crippen molar-refractivity contribution in [1.82, 2.24) is 46.4 Å². The summed E-state index contributed by atoms with van der Waals surface area (Å²) in [5.74, 6) is -1.84. The number of ether oxygens (including phenoxy) is 2. The molecule has 4 N–H and O–H groups in total. The third-order valence-electron chi connectivity index (χ3n) is 11.1. The van der Waals surface area contributed by atoms with Crippen molar-refractivity contribution in [2.45, 2.75) is 122 Å². The number of carbonyl (C=O) groups is 4. The second-order valence-corrected chi connectivity index (χ2v) is 15.1. The van der Waals surface area contributed by atoms with Crippen LogP contribution in [0.2, 0.25) is 0 Å². The topological polar surface area (TPSA) is 233 Å². The van der Waals surface area contributed by atoms with Crippen LogP contribution in [0.3, 0.4) is 0 Å². The fraction of sp³-hybridized carbons (Fsp3) is 0.711. The standard InChI is InChI=1S/C38H62N12O6/c1-11-23(4)33(49(8)38(54)32(25(6)43-46-39)42-37(53)31(40-7)22(2)3)29(55-9)21-30(51)50-19-15-18-28(50)34(56-10)24(5)36(52)41-27(35-44-47-48-45-35)20-26-16-13-12-14-17-26/h12-14,16-17,22-25,27-29,31-34,40H,11,15,18-21H2,1-10H3,(H,41,52)(H,42,53)(H,44,45,47,48)/t23-,24+,25-,27-,28?,29+,31?,32-,33-,34+/m0/s1. The second-order valence-electron chi connectivity index (χ2n) is 15.1. The number of nitrogens with one attached hydrogen (secondary N) is 4. The molecule has 1 aliphatic rings. The summed E-state index contributed by atoms with van der Waals surface area (Å²) >= 11 is 0. The number of likely N-dealkylation sites (N-methyl/N-ethyl adjacent to an activating group) is 2. The maximum absolute atomic E-state index is 14.3. The molecule has 2 unspecified atom stereocenters. The molecular formula is C38H62N12O6. The summed E-state index contributed by atoms with van der Waals surface area (Å²) in [4.78, 5) is 61.8. The molecule has 18 heteroatoms. The maximum atomic E-state index is 14.3. The van der Waals surface area contributed by atoms with Gasteiger partial charge in [-0.25, -0.2) is 0 Å². The van der Waals surface area contributed by atoms with Crippen LogP contribution in [0, 0.1) is 17.8 Å². The molecule has 0 radical (unpaired) electrons. The highest BCUT2D eigenvalue weighted by Gasteiger charge is 2.43. The monoisotopic (exact) mass is 782 g/mol. The van der Waals surface area contributed by atoms with Crippen LogP contribution in [0.25, 0.3) is 10.4 Å². The van der Waals surface area contributed by atoms with E-state index < -0.39 is 66.2 Å². The minimum absolute atomic E-state index is 0.0499. The van der Waals surface area contributed by atoms with E-state index in [9.17, 15) is 24.7 Å². The maximum Gasteiger partial charge on any atom is 0.245 e. The number of azide groups is 1. The summed E-state index contributed by atoms with van der Waals surface area (Å²) in [5, 5.41) is 27.0. The van der Waals surface area contributed by atoms with Crippen molar-refractivity contribution in [3.8, 4) is 0 Å². The van der Waals surface area contributed by atoms with Gasteiger partial charge in [-0.2, -0.15) is 5.21 Å². The molecule has 1 aliphatic heterocycles. The molecule has 1 aromatic carbocycles. The Labute approximate surface area is 330 Å². The highest BCUT2D eigenvalue weighted by Crippen LogP contribution is 2.30. The van der Waals surface area contributed by atoms with Crippen LogP contribution < -0.4 is 16.0 Å². The third-order valence-corrected chi connectivity index (χ3v) is 11.1. The van der Waals surface area contributed by atoms with Crippen LogP contribution in [-0.2, 0) is 35.1 Å². The van der Waals surface area contributed by atoms with Crippen LogP contribution in [0.4, 0.5) is 0 Å². The predicted octanol–water partition coefficient (Wildman–Crippen LogP) is 2.95. The van der Waals surface area contributed by atoms with E-state index in [2.05, 4.69) is 46.6 Å². The van der Waals surface area contributed by atoms with Crippen molar-refractivity contribution in [1.29, 1.82) is 0 Å². The number of hydrogen-bond donors (Lipinski definition) is 4. The molecule has 10 atom stereocenters. The molecule has 1 fully saturated rings. The highest BCUT2D eigenvalue weighted by molar-refractivity contribution is 5.90. The van der Waals surface area contributed by atoms with Crippen molar-refractivity contribution in [3.63, 3.8) is 0 Å². The van der Waals surface area contributed by atoms with E-state index >= 15 is 0 Å². The molecule has 0 spiro atoms. The Morgan fingerprint density at radius 1 is 1.05 bits per heavy atom. The summed E-state index contributed by atoms with van der Waals surface area (Å²) in [5.41, 5.74) is 10.2. The number of nitrogens with zero attached hydrogens (tertiary/aromatic N) is 8. The van der Waals surface area contributed by atoms with E-state index in [1.807, 2.05) is 58.0 Å². The van der Waals surface area contributed by atoms with Gasteiger partial charge in [-0.05, 0) is 42.8 Å². The van der Waals surface area contributed by atoms with Gasteiger partial charge in [0.15, 0.2) is 5.82 Å². The average Bonchev–Trinajstić information content (AvgIpc) is 3.90. The van der Waals surface area contributed by atoms with Crippen LogP contribution in [-0.4, -0.2) is 131 Å². The quantitative estimate of drug-likeness (QED) is 0.0775. The van der Waals surface area contributed by atoms with E-state index in [4.69, 9.17) is 9.47 Å². The van der Waals surface area contributed by atoms with Crippen molar-refractivity contribution in [2.24, 2.45) is 22.9 Å². The molecule has 2 aromatic rings. The number of aromatic amines is 1. The van der Waals surface area contributed by atoms with E-state index in [1.54, 1.807) is 40.0 Å². The summed E-state index contributed by atoms with van der Waals surface area (Å²) < 4.78 is 12.0. The molecule has 2 heterocycles. The SMILES string of the molecule is CC[C@H](C)[C@@H]([C@@H](CC(=O)N1CCCC1[C@H](OC)[C@@H](C)C(=O)N[C@@H](Cc1ccccc1)c1nn[nH]n1)OC)N(C)C(=O)[C@@H](NC(=O)C(NC)C(C)C)[C@H](C)N=[N+]=[N-]. The van der Waals surface area contributed by atoms with Crippen molar-refractivity contribution in [2.75, 3.05) is 34.9 Å². The number of hydrogen-bond acceptors (Lipinski definition) is 11. The summed E-state index contributed by atoms with van der Waals surface area (Å²) in [7, 11) is 6.34. The summed E-state index contributed by atoms with van der Waals surface area (Å²) in [6.07, 6.45) is 1.06. The summed E-state index contributed by atoms with van der Waals surface area (Å²) in [6, 6.07) is 5.51. The molecule has 1 saturated heterocycles. The molecule has 0 saturated carbocycles. The molecule has 1 aromatic heterocycles. The molecular weight excluding hydrogens is 720 g/mol. The Morgan fingerprint density at radius 3 is 2.30 bits per heavy atom. The summed E-state index contributed by atoms with van der Waals surface area (Å²) in [6.45, 7) is 11.6. The number of amides is 4. The lowest BCUT2D eigenvalue weighted by atomic mass is 9.89. The zero-order valence-electron chi connectivity index (χ0n) is 34.5. The smallest absolute Gasteiger partial charge is 0.245 e. The number of benzene rings is 1. The molecule has 3 rings (SSSR count). The molecule has 310 valence electrons. The van der Waals surface area contributed by atoms with Gasteiger partial charge in [-0.1, -0.05) is 88.6 Å². The van der Waals surface area contributed by atoms with E-state index in [0.29, 0.717) is 31.6 Å². The predicted molar refractivity (Wildman–Crippen MR) is 210 cm³/mol. The lowest BCUT2D eigenvalue weighted by Gasteiger charge is -2.41. The van der Waals surface area contributed by atoms with E-state index in [-0.39, 0.29) is 30.1 Å². The molecule has 0 aliphatic carbocycles. The average molecular weight is 783 g/mol. The molecule has 4 amide bonds. The first-order valence-electron chi connectivity index (χ1n) is 19.4. The fourth-order valence-electron chi connectivity index (χ4n) is 7.75. The lowest BCUT2D eigenvalue weighted by Crippen LogP contribution is -2.60. The number of aromatic nitrogens is 4. The third kappa shape index (κ3) is 11.7. The number of H-pyrrole nitrogens is 1. The van der Waals surface area contributed by atoms with Crippen molar-refractivity contribution >= 4 is 23.6 Å². The number of methoxy groups -OCH3 is 2. The van der Waals surface area contributed by atoms with Gasteiger partial charge in [-0.3, -0.25) is 19.2 Å². The molecule has 56 heavy (non-hydrogen) atoms. The largest absolute Gasteiger partial charge is 0.379 e. The van der Waals surface area contributed by atoms with Gasteiger partial charge >= 0.3 is 0 Å². The highest BCUT2D eigenvalue weighted by atomic mass is 16.5. The van der Waals surface area contributed by atoms with Crippen molar-refractivity contribution < 1.29 is 28.7 Å². The zero-order valence-corrected chi connectivity index (χ0v) is 34.5. The van der Waals surface area contributed by atoms with E-state index in [0.717, 1.165) is 12.0 Å². The van der Waals surface area contributed by atoms with Crippen LogP contribution in [0.1, 0.15) is 84.7 Å². The minimum atomic E-state index is -1.16. The first-order valence-corrected chi connectivity index (χ1v) is 19.4. The molecule has 0 bridgehead atoms. The van der Waals surface area contributed by atoms with Crippen LogP contribution in [0.5, 0.6) is 0 Å². The Kier molecular flexibility index (Phi) is 18.1. The van der Waals surface area contributed by atoms with Gasteiger partial charge in [0.2, 0.25) is 23.6 Å². The first-order chi connectivity index (χ1) is 26.7. The lowest BCUT2D eigenvalue weighted by molar-refractivity contribution is -0.147. The van der Waals surface area contributed by atoms with Gasteiger partial charge in [0, 0.05) is 39.1 Å². The van der Waals surface area contributed by atoms with Crippen molar-refractivity contribution in [3.05, 3.63) is 52.2 Å². The number of carbonyl (C=O) groups excluding carboxylic acids is 4. The number of likely N-dealkylation sites (tertiary alicyclic amines) is 1. The van der Waals surface area contributed by atoms with Gasteiger partial charge in [0.1, 0.15) is 6.04 Å². The van der Waals surface area contributed by atoms with Gasteiger partial charge in [-0.15, -0.1) is 10.2 Å². The Balaban J connectivity index is 1.82. The number of rotatable bonds is 22. The van der Waals surface area contributed by atoms with E-state index in [1.165, 1.54) is 12.0 Å². The Hall–Kier alpha value is -4.64. The Morgan fingerprint density at radius 2 is 1.75 bits per heavy atom. The van der Waals surface area contributed by atoms with Gasteiger partial charge in [0.25, 0.3) is 0 Å². The fourth-order valence-corrected chi connectivity index (χ4v) is 7.75. The first kappa shape index (κ1) is 45.7. The van der Waals surface area contributed by atoms with Gasteiger partial charge in [0.05, 0.1) is 54.8 Å². The number of tetrazole rings is 1.